The monoisotopic (exact) mass is 341 g/mol. The fourth-order valence-electron chi connectivity index (χ4n) is 2.48. The summed E-state index contributed by atoms with van der Waals surface area (Å²) in [5.41, 5.74) is 0.238. The molecule has 0 aliphatic carbocycles. The molecule has 2 heterocycles. The molecule has 7 heteroatoms. The molecule has 2 rings (SSSR count). The minimum absolute atomic E-state index is 0.0379. The lowest BCUT2D eigenvalue weighted by molar-refractivity contribution is -0.0103. The van der Waals surface area contributed by atoms with Gasteiger partial charge >= 0.3 is 6.09 Å². The molecule has 0 N–H and O–H groups in total. The summed E-state index contributed by atoms with van der Waals surface area (Å²) in [7, 11) is 0. The summed E-state index contributed by atoms with van der Waals surface area (Å²) in [6, 6.07) is 1.80. The van der Waals surface area contributed by atoms with Crippen molar-refractivity contribution in [2.75, 3.05) is 13.2 Å². The maximum Gasteiger partial charge on any atom is 0.410 e. The minimum atomic E-state index is -0.488. The van der Waals surface area contributed by atoms with Crippen LogP contribution in [-0.4, -0.2) is 45.8 Å². The quantitative estimate of drug-likeness (QED) is 0.785. The number of piperidine rings is 1. The van der Waals surface area contributed by atoms with Gasteiger partial charge in [0, 0.05) is 12.7 Å². The summed E-state index contributed by atoms with van der Waals surface area (Å²) >= 11 is 5.75. The van der Waals surface area contributed by atoms with Gasteiger partial charge in [-0.3, -0.25) is 0 Å². The molecule has 1 aromatic heterocycles. The molecule has 23 heavy (non-hydrogen) atoms. The number of carbonyl (C=O) groups is 1. The first-order valence-corrected chi connectivity index (χ1v) is 8.28. The molecule has 0 spiro atoms. The molecule has 1 fully saturated rings. The van der Waals surface area contributed by atoms with Crippen LogP contribution in [0.3, 0.4) is 0 Å². The third kappa shape index (κ3) is 5.95. The molecular formula is C16H24ClN3O3. The molecule has 1 aliphatic heterocycles. The van der Waals surface area contributed by atoms with Crippen molar-refractivity contribution in [2.45, 2.75) is 58.3 Å². The Morgan fingerprint density at radius 3 is 2.91 bits per heavy atom. The molecule has 0 bridgehead atoms. The highest BCUT2D eigenvalue weighted by atomic mass is 35.5. The predicted molar refractivity (Wildman–Crippen MR) is 87.3 cm³/mol. The zero-order valence-corrected chi connectivity index (χ0v) is 14.7. The SMILES string of the molecule is CC(C)(C)OC(=O)N1CCCCC1COCc1ccnc(Cl)n1. The lowest BCUT2D eigenvalue weighted by Gasteiger charge is -2.36. The predicted octanol–water partition coefficient (Wildman–Crippen LogP) is 3.44. The van der Waals surface area contributed by atoms with Gasteiger partial charge in [-0.05, 0) is 57.7 Å². The van der Waals surface area contributed by atoms with Gasteiger partial charge in [-0.25, -0.2) is 14.8 Å². The van der Waals surface area contributed by atoms with Crippen molar-refractivity contribution in [1.82, 2.24) is 14.9 Å². The van der Waals surface area contributed by atoms with Crippen molar-refractivity contribution in [1.29, 1.82) is 0 Å². The summed E-state index contributed by atoms with van der Waals surface area (Å²) in [4.78, 5) is 22.0. The van der Waals surface area contributed by atoms with Crippen LogP contribution in [0.15, 0.2) is 12.3 Å². The van der Waals surface area contributed by atoms with E-state index in [2.05, 4.69) is 9.97 Å². The smallest absolute Gasteiger partial charge is 0.410 e. The molecule has 1 aromatic rings. The second-order valence-corrected chi connectivity index (χ2v) is 6.99. The fourth-order valence-corrected chi connectivity index (χ4v) is 2.65. The molecule has 1 amide bonds. The fraction of sp³-hybridized carbons (Fsp3) is 0.688. The Balaban J connectivity index is 1.87. The van der Waals surface area contributed by atoms with E-state index >= 15 is 0 Å². The molecule has 1 aliphatic rings. The molecule has 6 nitrogen and oxygen atoms in total. The van der Waals surface area contributed by atoms with Crippen molar-refractivity contribution in [3.05, 3.63) is 23.2 Å². The topological polar surface area (TPSA) is 64.5 Å². The Morgan fingerprint density at radius 2 is 2.22 bits per heavy atom. The van der Waals surface area contributed by atoms with Gasteiger partial charge in [-0.15, -0.1) is 0 Å². The number of aromatic nitrogens is 2. The van der Waals surface area contributed by atoms with E-state index < -0.39 is 5.60 Å². The van der Waals surface area contributed by atoms with Crippen LogP contribution in [0, 0.1) is 0 Å². The Morgan fingerprint density at radius 1 is 1.43 bits per heavy atom. The van der Waals surface area contributed by atoms with Crippen LogP contribution in [0.5, 0.6) is 0 Å². The second-order valence-electron chi connectivity index (χ2n) is 6.66. The number of nitrogens with zero attached hydrogens (tertiary/aromatic N) is 3. The molecule has 1 unspecified atom stereocenters. The van der Waals surface area contributed by atoms with Crippen LogP contribution < -0.4 is 0 Å². The van der Waals surface area contributed by atoms with E-state index in [1.165, 1.54) is 0 Å². The van der Waals surface area contributed by atoms with Crippen molar-refractivity contribution in [3.63, 3.8) is 0 Å². The van der Waals surface area contributed by atoms with E-state index in [-0.39, 0.29) is 17.4 Å². The van der Waals surface area contributed by atoms with E-state index in [4.69, 9.17) is 21.1 Å². The van der Waals surface area contributed by atoms with Crippen LogP contribution in [0.25, 0.3) is 0 Å². The maximum atomic E-state index is 12.3. The van der Waals surface area contributed by atoms with Crippen molar-refractivity contribution >= 4 is 17.7 Å². The zero-order valence-electron chi connectivity index (χ0n) is 13.9. The Kier molecular flexibility index (Phi) is 6.18. The number of halogens is 1. The van der Waals surface area contributed by atoms with Gasteiger partial charge in [0.2, 0.25) is 5.28 Å². The highest BCUT2D eigenvalue weighted by Crippen LogP contribution is 2.21. The zero-order chi connectivity index (χ0) is 16.9. The number of hydrogen-bond acceptors (Lipinski definition) is 5. The van der Waals surface area contributed by atoms with Crippen LogP contribution in [0.2, 0.25) is 5.28 Å². The van der Waals surface area contributed by atoms with Gasteiger partial charge in [-0.1, -0.05) is 0 Å². The van der Waals surface area contributed by atoms with Crippen LogP contribution in [-0.2, 0) is 16.1 Å². The van der Waals surface area contributed by atoms with Gasteiger partial charge in [0.1, 0.15) is 5.60 Å². The molecule has 1 atom stereocenters. The first-order valence-electron chi connectivity index (χ1n) is 7.90. The normalized spacial score (nSPS) is 18.8. The van der Waals surface area contributed by atoms with Crippen molar-refractivity contribution in [2.24, 2.45) is 0 Å². The van der Waals surface area contributed by atoms with Gasteiger partial charge in [0.25, 0.3) is 0 Å². The number of rotatable bonds is 4. The van der Waals surface area contributed by atoms with Gasteiger partial charge in [-0.2, -0.15) is 0 Å². The maximum absolute atomic E-state index is 12.3. The number of likely N-dealkylation sites (tertiary alicyclic amines) is 1. The summed E-state index contributed by atoms with van der Waals surface area (Å²) in [5, 5.41) is 0.208. The second kappa shape index (κ2) is 7.93. The first-order chi connectivity index (χ1) is 10.8. The minimum Gasteiger partial charge on any atom is -0.444 e. The van der Waals surface area contributed by atoms with Gasteiger partial charge in [0.05, 0.1) is 24.9 Å². The Bertz CT molecular complexity index is 534. The number of amides is 1. The first kappa shape index (κ1) is 17.9. The van der Waals surface area contributed by atoms with E-state index in [1.54, 1.807) is 17.2 Å². The summed E-state index contributed by atoms with van der Waals surface area (Å²) in [6.07, 6.45) is 4.34. The third-order valence-corrected chi connectivity index (χ3v) is 3.68. The average molecular weight is 342 g/mol. The Labute approximate surface area is 142 Å². The standard InChI is InChI=1S/C16H24ClN3O3/c1-16(2,3)23-15(21)20-9-5-4-6-13(20)11-22-10-12-7-8-18-14(17)19-12/h7-8,13H,4-6,9-11H2,1-3H3. The van der Waals surface area contributed by atoms with Gasteiger partial charge in [0.15, 0.2) is 0 Å². The summed E-state index contributed by atoms with van der Waals surface area (Å²) in [5.74, 6) is 0. The van der Waals surface area contributed by atoms with Crippen LogP contribution >= 0.6 is 11.6 Å². The van der Waals surface area contributed by atoms with Crippen LogP contribution in [0.4, 0.5) is 4.79 Å². The number of hydrogen-bond donors (Lipinski definition) is 0. The van der Waals surface area contributed by atoms with Crippen LogP contribution in [0.1, 0.15) is 45.7 Å². The molecule has 128 valence electrons. The highest BCUT2D eigenvalue weighted by molar-refractivity contribution is 6.28. The lowest BCUT2D eigenvalue weighted by Crippen LogP contribution is -2.48. The van der Waals surface area contributed by atoms with E-state index in [9.17, 15) is 4.79 Å². The van der Waals surface area contributed by atoms with E-state index in [0.717, 1.165) is 25.0 Å². The highest BCUT2D eigenvalue weighted by Gasteiger charge is 2.30. The van der Waals surface area contributed by atoms with E-state index in [1.807, 2.05) is 20.8 Å². The summed E-state index contributed by atoms with van der Waals surface area (Å²) < 4.78 is 11.2. The largest absolute Gasteiger partial charge is 0.444 e. The summed E-state index contributed by atoms with van der Waals surface area (Å²) in [6.45, 7) is 7.14. The lowest BCUT2D eigenvalue weighted by atomic mass is 10.0. The molecule has 0 aromatic carbocycles. The van der Waals surface area contributed by atoms with Crippen molar-refractivity contribution in [3.8, 4) is 0 Å². The number of carbonyl (C=O) groups excluding carboxylic acids is 1. The third-order valence-electron chi connectivity index (χ3n) is 3.50. The number of ether oxygens (including phenoxy) is 2. The van der Waals surface area contributed by atoms with Gasteiger partial charge < -0.3 is 14.4 Å². The average Bonchev–Trinajstić information content (AvgIpc) is 2.46. The van der Waals surface area contributed by atoms with Crippen molar-refractivity contribution < 1.29 is 14.3 Å². The Hall–Kier alpha value is -1.40. The molecule has 0 radical (unpaired) electrons. The molecular weight excluding hydrogens is 318 g/mol. The molecule has 1 saturated heterocycles. The van der Waals surface area contributed by atoms with E-state index in [0.29, 0.717) is 19.8 Å². The molecule has 0 saturated carbocycles.